The van der Waals surface area contributed by atoms with Crippen molar-refractivity contribution in [2.45, 2.75) is 24.7 Å². The van der Waals surface area contributed by atoms with Crippen LogP contribution >= 0.6 is 11.8 Å². The highest BCUT2D eigenvalue weighted by molar-refractivity contribution is 7.99. The minimum absolute atomic E-state index is 0.0712. The van der Waals surface area contributed by atoms with E-state index >= 15 is 0 Å². The van der Waals surface area contributed by atoms with Gasteiger partial charge in [-0.2, -0.15) is 0 Å². The Bertz CT molecular complexity index is 311. The van der Waals surface area contributed by atoms with Gasteiger partial charge in [0.05, 0.1) is 0 Å². The van der Waals surface area contributed by atoms with Crippen LogP contribution in [0.3, 0.4) is 0 Å². The Morgan fingerprint density at radius 2 is 2.33 bits per heavy atom. The van der Waals surface area contributed by atoms with Crippen LogP contribution in [0.5, 0.6) is 0 Å². The third-order valence-electron chi connectivity index (χ3n) is 1.91. The molecule has 1 aromatic heterocycles. The quantitative estimate of drug-likeness (QED) is 0.458. The molecule has 0 bridgehead atoms. The Morgan fingerprint density at radius 3 is 2.87 bits per heavy atom. The third-order valence-corrected chi connectivity index (χ3v) is 2.98. The van der Waals surface area contributed by atoms with Gasteiger partial charge >= 0.3 is 0 Å². The molecule has 0 unspecified atom stereocenters. The molecule has 4 heteroatoms. The van der Waals surface area contributed by atoms with Crippen LogP contribution < -0.4 is 0 Å². The normalized spacial score (nSPS) is 10.3. The number of carbonyl (C=O) groups is 1. The summed E-state index contributed by atoms with van der Waals surface area (Å²) in [5.41, 5.74) is 0.531. The van der Waals surface area contributed by atoms with Gasteiger partial charge in [0.1, 0.15) is 5.69 Å². The SMILES string of the molecule is CCC(=O)c1ccc(SCCCO)cn1. The maximum atomic E-state index is 11.3. The fourth-order valence-corrected chi connectivity index (χ4v) is 1.87. The molecule has 1 aromatic rings. The van der Waals surface area contributed by atoms with Crippen LogP contribution in [0.25, 0.3) is 0 Å². The molecule has 0 saturated heterocycles. The number of thioether (sulfide) groups is 1. The van der Waals surface area contributed by atoms with Gasteiger partial charge in [-0.3, -0.25) is 9.78 Å². The molecule has 0 aliphatic carbocycles. The molecule has 0 aromatic carbocycles. The predicted octanol–water partition coefficient (Wildman–Crippen LogP) is 2.15. The fourth-order valence-electron chi connectivity index (χ4n) is 1.07. The van der Waals surface area contributed by atoms with Crippen molar-refractivity contribution < 1.29 is 9.90 Å². The molecule has 0 amide bonds. The van der Waals surface area contributed by atoms with E-state index in [1.807, 2.05) is 13.0 Å². The maximum Gasteiger partial charge on any atom is 0.180 e. The van der Waals surface area contributed by atoms with Crippen LogP contribution in [-0.2, 0) is 0 Å². The largest absolute Gasteiger partial charge is 0.396 e. The average Bonchev–Trinajstić information content (AvgIpc) is 2.29. The molecule has 0 spiro atoms. The molecule has 82 valence electrons. The van der Waals surface area contributed by atoms with E-state index in [0.29, 0.717) is 12.1 Å². The number of ketones is 1. The monoisotopic (exact) mass is 225 g/mol. The van der Waals surface area contributed by atoms with Gasteiger partial charge in [-0.05, 0) is 18.6 Å². The van der Waals surface area contributed by atoms with Gasteiger partial charge in [-0.1, -0.05) is 6.92 Å². The summed E-state index contributed by atoms with van der Waals surface area (Å²) < 4.78 is 0. The van der Waals surface area contributed by atoms with Crippen molar-refractivity contribution in [2.75, 3.05) is 12.4 Å². The number of hydrogen-bond donors (Lipinski definition) is 1. The van der Waals surface area contributed by atoms with E-state index in [-0.39, 0.29) is 12.4 Å². The van der Waals surface area contributed by atoms with E-state index in [0.717, 1.165) is 17.1 Å². The summed E-state index contributed by atoms with van der Waals surface area (Å²) in [7, 11) is 0. The second kappa shape index (κ2) is 6.58. The number of Topliss-reactive ketones (excluding diaryl/α,β-unsaturated/α-hetero) is 1. The topological polar surface area (TPSA) is 50.2 Å². The zero-order chi connectivity index (χ0) is 11.1. The number of pyridine rings is 1. The Kier molecular flexibility index (Phi) is 5.36. The van der Waals surface area contributed by atoms with Gasteiger partial charge in [0.25, 0.3) is 0 Å². The maximum absolute atomic E-state index is 11.3. The Balaban J connectivity index is 2.52. The molecular weight excluding hydrogens is 210 g/mol. The molecule has 3 nitrogen and oxygen atoms in total. The lowest BCUT2D eigenvalue weighted by atomic mass is 10.2. The van der Waals surface area contributed by atoms with Crippen LogP contribution in [0.2, 0.25) is 0 Å². The first-order valence-electron chi connectivity index (χ1n) is 5.00. The molecule has 0 radical (unpaired) electrons. The summed E-state index contributed by atoms with van der Waals surface area (Å²) in [6.45, 7) is 2.04. The van der Waals surface area contributed by atoms with Crippen LogP contribution in [0.4, 0.5) is 0 Å². The van der Waals surface area contributed by atoms with Crippen LogP contribution in [-0.4, -0.2) is 28.2 Å². The van der Waals surface area contributed by atoms with E-state index in [1.54, 1.807) is 24.0 Å². The van der Waals surface area contributed by atoms with E-state index in [1.165, 1.54) is 0 Å². The van der Waals surface area contributed by atoms with Crippen molar-refractivity contribution >= 4 is 17.5 Å². The summed E-state index contributed by atoms with van der Waals surface area (Å²) in [4.78, 5) is 16.4. The van der Waals surface area contributed by atoms with Gasteiger partial charge in [0.15, 0.2) is 5.78 Å². The Hall–Kier alpha value is -0.870. The number of hydrogen-bond acceptors (Lipinski definition) is 4. The number of aliphatic hydroxyl groups excluding tert-OH is 1. The molecule has 1 heterocycles. The number of nitrogens with zero attached hydrogens (tertiary/aromatic N) is 1. The molecule has 0 saturated carbocycles. The van der Waals surface area contributed by atoms with Crippen LogP contribution in [0.1, 0.15) is 30.3 Å². The van der Waals surface area contributed by atoms with Gasteiger partial charge in [-0.25, -0.2) is 0 Å². The Labute approximate surface area is 93.9 Å². The lowest BCUT2D eigenvalue weighted by Crippen LogP contribution is -1.99. The first kappa shape index (κ1) is 12.2. The molecular formula is C11H15NO2S. The van der Waals surface area contributed by atoms with E-state index < -0.39 is 0 Å². The van der Waals surface area contributed by atoms with Gasteiger partial charge in [0, 0.05) is 29.9 Å². The number of aliphatic hydroxyl groups is 1. The average molecular weight is 225 g/mol. The van der Waals surface area contributed by atoms with E-state index in [9.17, 15) is 4.79 Å². The van der Waals surface area contributed by atoms with Gasteiger partial charge < -0.3 is 5.11 Å². The zero-order valence-corrected chi connectivity index (χ0v) is 9.59. The summed E-state index contributed by atoms with van der Waals surface area (Å²) in [5.74, 6) is 0.945. The summed E-state index contributed by atoms with van der Waals surface area (Å²) in [6, 6.07) is 3.66. The lowest BCUT2D eigenvalue weighted by molar-refractivity contribution is 0.0983. The molecule has 0 aliphatic rings. The predicted molar refractivity (Wildman–Crippen MR) is 61.3 cm³/mol. The van der Waals surface area contributed by atoms with Crippen LogP contribution in [0, 0.1) is 0 Å². The zero-order valence-electron chi connectivity index (χ0n) is 8.77. The summed E-state index contributed by atoms with van der Waals surface area (Å²) >= 11 is 1.64. The molecule has 0 fully saturated rings. The first-order chi connectivity index (χ1) is 7.27. The molecule has 0 atom stereocenters. The smallest absolute Gasteiger partial charge is 0.180 e. The summed E-state index contributed by atoms with van der Waals surface area (Å²) in [5, 5.41) is 8.62. The highest BCUT2D eigenvalue weighted by atomic mass is 32.2. The van der Waals surface area contributed by atoms with Crippen molar-refractivity contribution in [3.05, 3.63) is 24.0 Å². The standard InChI is InChI=1S/C11H15NO2S/c1-2-11(14)10-5-4-9(8-12-10)15-7-3-6-13/h4-5,8,13H,2-3,6-7H2,1H3. The molecule has 0 aliphatic heterocycles. The van der Waals surface area contributed by atoms with Crippen molar-refractivity contribution in [3.8, 4) is 0 Å². The second-order valence-electron chi connectivity index (χ2n) is 3.08. The highest BCUT2D eigenvalue weighted by Gasteiger charge is 2.03. The lowest BCUT2D eigenvalue weighted by Gasteiger charge is -2.01. The minimum Gasteiger partial charge on any atom is -0.396 e. The number of aromatic nitrogens is 1. The first-order valence-corrected chi connectivity index (χ1v) is 5.99. The molecule has 15 heavy (non-hydrogen) atoms. The molecule has 1 rings (SSSR count). The van der Waals surface area contributed by atoms with Gasteiger partial charge in [0.2, 0.25) is 0 Å². The van der Waals surface area contributed by atoms with Crippen LogP contribution in [0.15, 0.2) is 23.2 Å². The van der Waals surface area contributed by atoms with Gasteiger partial charge in [-0.15, -0.1) is 11.8 Å². The summed E-state index contributed by atoms with van der Waals surface area (Å²) in [6.07, 6.45) is 2.98. The third kappa shape index (κ3) is 4.01. The van der Waals surface area contributed by atoms with E-state index in [2.05, 4.69) is 4.98 Å². The second-order valence-corrected chi connectivity index (χ2v) is 4.25. The minimum atomic E-state index is 0.0712. The van der Waals surface area contributed by atoms with Crippen molar-refractivity contribution in [2.24, 2.45) is 0 Å². The van der Waals surface area contributed by atoms with Crippen molar-refractivity contribution in [1.82, 2.24) is 4.98 Å². The fraction of sp³-hybridized carbons (Fsp3) is 0.455. The molecule has 1 N–H and O–H groups in total. The van der Waals surface area contributed by atoms with Crippen molar-refractivity contribution in [3.63, 3.8) is 0 Å². The number of carbonyl (C=O) groups excluding carboxylic acids is 1. The van der Waals surface area contributed by atoms with E-state index in [4.69, 9.17) is 5.11 Å². The Morgan fingerprint density at radius 1 is 1.53 bits per heavy atom. The number of rotatable bonds is 6. The van der Waals surface area contributed by atoms with Crippen molar-refractivity contribution in [1.29, 1.82) is 0 Å². The highest BCUT2D eigenvalue weighted by Crippen LogP contribution is 2.17.